The summed E-state index contributed by atoms with van der Waals surface area (Å²) < 4.78 is 5.43. The zero-order valence-corrected chi connectivity index (χ0v) is 28.2. The van der Waals surface area contributed by atoms with E-state index < -0.39 is 17.0 Å². The monoisotopic (exact) mass is 663 g/mol. The van der Waals surface area contributed by atoms with Crippen LogP contribution in [0.1, 0.15) is 43.9 Å². The number of nitrogens with zero attached hydrogens (tertiary/aromatic N) is 1. The predicted octanol–water partition coefficient (Wildman–Crippen LogP) is 3.37. The number of benzene rings is 3. The fraction of sp³-hybridized carbons (Fsp3) is 0.400. The number of rotatable bonds is 14. The maximum absolute atomic E-state index is 14.0. The van der Waals surface area contributed by atoms with Crippen molar-refractivity contribution in [3.05, 3.63) is 83.4 Å². The van der Waals surface area contributed by atoms with E-state index in [1.165, 1.54) is 11.8 Å². The van der Waals surface area contributed by atoms with Crippen LogP contribution in [0.2, 0.25) is 0 Å². The van der Waals surface area contributed by atoms with Crippen molar-refractivity contribution < 1.29 is 29.3 Å². The molecule has 6 N–H and O–H groups in total. The van der Waals surface area contributed by atoms with Crippen LogP contribution in [-0.4, -0.2) is 76.8 Å². The highest BCUT2D eigenvalue weighted by Gasteiger charge is 2.33. The van der Waals surface area contributed by atoms with Gasteiger partial charge in [0, 0.05) is 49.6 Å². The van der Waals surface area contributed by atoms with Gasteiger partial charge in [-0.3, -0.25) is 9.59 Å². The number of aliphatic hydroxyl groups is 2. The maximum Gasteiger partial charge on any atom is 0.315 e. The second kappa shape index (κ2) is 16.6. The minimum Gasteiger partial charge on any atom is -0.497 e. The van der Waals surface area contributed by atoms with E-state index in [0.29, 0.717) is 31.9 Å². The van der Waals surface area contributed by atoms with Gasteiger partial charge in [0.2, 0.25) is 5.91 Å². The Labute approximate surface area is 280 Å². The molecule has 0 saturated carbocycles. The van der Waals surface area contributed by atoms with Crippen LogP contribution in [0.15, 0.2) is 71.6 Å². The van der Waals surface area contributed by atoms with Crippen LogP contribution >= 0.6 is 11.8 Å². The molecular formula is C35H45N5O6S. The summed E-state index contributed by atoms with van der Waals surface area (Å²) in [6.07, 6.45) is -0.877. The summed E-state index contributed by atoms with van der Waals surface area (Å²) in [6, 6.07) is 21.4. The fourth-order valence-electron chi connectivity index (χ4n) is 5.24. The van der Waals surface area contributed by atoms with Gasteiger partial charge in [-0.1, -0.05) is 66.4 Å². The standard InChI is InChI=1S/C35H45N5O6S/c1-5-36-34(45)37-18-25-8-6-7-9-29(25)24-12-10-23(11-13-24)20-40-21-26-14-15-28(46-4)16-30(26)47-32(33(40)44)39-31(43)17-35(2,3)38-19-27(42)22-41/h6-16,27,32,38,41-42H,5,17-22H2,1-4H3,(H,39,43)(H2,36,37,45)/t27-,32+/m0/s1. The van der Waals surface area contributed by atoms with Crippen LogP contribution in [0.5, 0.6) is 5.75 Å². The molecule has 12 heteroatoms. The van der Waals surface area contributed by atoms with Crippen molar-refractivity contribution in [1.29, 1.82) is 0 Å². The van der Waals surface area contributed by atoms with Crippen molar-refractivity contribution in [1.82, 2.24) is 26.2 Å². The SMILES string of the molecule is CCNC(=O)NCc1ccccc1-c1ccc(CN2Cc3ccc(OC)cc3S[C@@H](NC(=O)CC(C)(C)NC[C@H](O)CO)C2=O)cc1. The molecule has 0 aliphatic carbocycles. The Morgan fingerprint density at radius 1 is 1.09 bits per heavy atom. The fourth-order valence-corrected chi connectivity index (χ4v) is 6.40. The van der Waals surface area contributed by atoms with Gasteiger partial charge in [-0.2, -0.15) is 0 Å². The number of fused-ring (bicyclic) bond motifs is 1. The van der Waals surface area contributed by atoms with Gasteiger partial charge in [0.15, 0.2) is 5.37 Å². The van der Waals surface area contributed by atoms with Gasteiger partial charge in [0.05, 0.1) is 19.8 Å². The smallest absolute Gasteiger partial charge is 0.315 e. The number of urea groups is 1. The molecule has 47 heavy (non-hydrogen) atoms. The van der Waals surface area contributed by atoms with Crippen LogP contribution in [0, 0.1) is 0 Å². The summed E-state index contributed by atoms with van der Waals surface area (Å²) in [5.74, 6) is 0.126. The summed E-state index contributed by atoms with van der Waals surface area (Å²) in [4.78, 5) is 41.7. The molecule has 4 amide bonds. The lowest BCUT2D eigenvalue weighted by molar-refractivity contribution is -0.135. The van der Waals surface area contributed by atoms with E-state index >= 15 is 0 Å². The third-order valence-corrected chi connectivity index (χ3v) is 8.96. The molecular weight excluding hydrogens is 618 g/mol. The second-order valence-electron chi connectivity index (χ2n) is 12.1. The van der Waals surface area contributed by atoms with Crippen molar-refractivity contribution in [3.8, 4) is 16.9 Å². The van der Waals surface area contributed by atoms with E-state index in [4.69, 9.17) is 9.84 Å². The predicted molar refractivity (Wildman–Crippen MR) is 183 cm³/mol. The third-order valence-electron chi connectivity index (χ3n) is 7.77. The number of carbonyl (C=O) groups is 3. The molecule has 1 aliphatic rings. The lowest BCUT2D eigenvalue weighted by Crippen LogP contribution is -2.50. The largest absolute Gasteiger partial charge is 0.497 e. The van der Waals surface area contributed by atoms with Gasteiger partial charge in [0.25, 0.3) is 5.91 Å². The number of carbonyl (C=O) groups excluding carboxylic acids is 3. The molecule has 0 bridgehead atoms. The highest BCUT2D eigenvalue weighted by atomic mass is 32.2. The lowest BCUT2D eigenvalue weighted by Gasteiger charge is -2.29. The molecule has 1 aliphatic heterocycles. The Morgan fingerprint density at radius 2 is 1.83 bits per heavy atom. The van der Waals surface area contributed by atoms with Gasteiger partial charge in [-0.15, -0.1) is 0 Å². The normalized spacial score (nSPS) is 15.3. The quantitative estimate of drug-likeness (QED) is 0.154. The summed E-state index contributed by atoms with van der Waals surface area (Å²) in [5.41, 5.74) is 4.18. The number of β-amino-alcohol motifs (C(OH)–C–C–N with tert-alkyl or cyclic N) is 1. The molecule has 3 aromatic carbocycles. The molecule has 0 aromatic heterocycles. The Hall–Kier alpha value is -4.10. The first kappa shape index (κ1) is 35.7. The van der Waals surface area contributed by atoms with Crippen molar-refractivity contribution >= 4 is 29.6 Å². The highest BCUT2D eigenvalue weighted by molar-refractivity contribution is 8.00. The Balaban J connectivity index is 1.51. The van der Waals surface area contributed by atoms with E-state index in [0.717, 1.165) is 32.7 Å². The van der Waals surface area contributed by atoms with Crippen molar-refractivity contribution in [2.24, 2.45) is 0 Å². The first-order chi connectivity index (χ1) is 22.5. The van der Waals surface area contributed by atoms with Crippen LogP contribution in [0.25, 0.3) is 11.1 Å². The van der Waals surface area contributed by atoms with E-state index in [1.54, 1.807) is 12.0 Å². The summed E-state index contributed by atoms with van der Waals surface area (Å²) in [6.45, 7) is 6.91. The van der Waals surface area contributed by atoms with Crippen molar-refractivity contribution in [3.63, 3.8) is 0 Å². The van der Waals surface area contributed by atoms with E-state index in [2.05, 4.69) is 21.3 Å². The molecule has 0 unspecified atom stereocenters. The molecule has 1 heterocycles. The van der Waals surface area contributed by atoms with Gasteiger partial charge in [-0.05, 0) is 60.7 Å². The van der Waals surface area contributed by atoms with Gasteiger partial charge >= 0.3 is 6.03 Å². The lowest BCUT2D eigenvalue weighted by atomic mass is 9.98. The number of methoxy groups -OCH3 is 1. The number of amides is 4. The number of ether oxygens (including phenoxy) is 1. The third kappa shape index (κ3) is 10.2. The molecule has 0 spiro atoms. The van der Waals surface area contributed by atoms with E-state index in [9.17, 15) is 19.5 Å². The maximum atomic E-state index is 14.0. The highest BCUT2D eigenvalue weighted by Crippen LogP contribution is 2.35. The van der Waals surface area contributed by atoms with Crippen LogP contribution in [0.4, 0.5) is 4.79 Å². The minimum absolute atomic E-state index is 0.0577. The number of hydrogen-bond acceptors (Lipinski definition) is 8. The summed E-state index contributed by atoms with van der Waals surface area (Å²) >= 11 is 1.29. The molecule has 4 rings (SSSR count). The average Bonchev–Trinajstić information content (AvgIpc) is 3.18. The number of nitrogens with one attached hydrogen (secondary N) is 4. The van der Waals surface area contributed by atoms with Crippen LogP contribution < -0.4 is 26.0 Å². The zero-order valence-electron chi connectivity index (χ0n) is 27.3. The first-order valence-corrected chi connectivity index (χ1v) is 16.5. The van der Waals surface area contributed by atoms with Crippen molar-refractivity contribution in [2.45, 2.75) is 68.7 Å². The van der Waals surface area contributed by atoms with Gasteiger partial charge in [0.1, 0.15) is 5.75 Å². The van der Waals surface area contributed by atoms with E-state index in [-0.39, 0.29) is 37.4 Å². The number of hydrogen-bond donors (Lipinski definition) is 6. The molecule has 0 radical (unpaired) electrons. The van der Waals surface area contributed by atoms with Crippen molar-refractivity contribution in [2.75, 3.05) is 26.8 Å². The molecule has 11 nitrogen and oxygen atoms in total. The van der Waals surface area contributed by atoms with Crippen LogP contribution in [-0.2, 0) is 29.2 Å². The average molecular weight is 664 g/mol. The second-order valence-corrected chi connectivity index (χ2v) is 13.2. The summed E-state index contributed by atoms with van der Waals surface area (Å²) in [5, 5.41) is 29.6. The molecule has 0 fully saturated rings. The molecule has 3 aromatic rings. The topological polar surface area (TPSA) is 152 Å². The Kier molecular flexibility index (Phi) is 12.7. The van der Waals surface area contributed by atoms with E-state index in [1.807, 2.05) is 87.5 Å². The van der Waals surface area contributed by atoms with Crippen LogP contribution in [0.3, 0.4) is 0 Å². The summed E-state index contributed by atoms with van der Waals surface area (Å²) in [7, 11) is 1.59. The first-order valence-electron chi connectivity index (χ1n) is 15.7. The number of aliphatic hydroxyl groups excluding tert-OH is 2. The molecule has 2 atom stereocenters. The number of thioether (sulfide) groups is 1. The zero-order chi connectivity index (χ0) is 34.0. The Bertz CT molecular complexity index is 1530. The Morgan fingerprint density at radius 3 is 2.53 bits per heavy atom. The minimum atomic E-state index is -0.934. The molecule has 0 saturated heterocycles. The molecule has 252 valence electrons. The van der Waals surface area contributed by atoms with Gasteiger partial charge in [-0.25, -0.2) is 4.79 Å². The van der Waals surface area contributed by atoms with Gasteiger partial charge < -0.3 is 41.1 Å².